The highest BCUT2D eigenvalue weighted by Crippen LogP contribution is 2.31. The lowest BCUT2D eigenvalue weighted by Gasteiger charge is -2.24. The number of nitrogens with zero attached hydrogens (tertiary/aromatic N) is 2. The lowest BCUT2D eigenvalue weighted by atomic mass is 9.96. The van der Waals surface area contributed by atoms with E-state index >= 15 is 0 Å². The molecule has 0 radical (unpaired) electrons. The number of furan rings is 1. The minimum Gasteiger partial charge on any atom is -0.497 e. The van der Waals surface area contributed by atoms with Crippen molar-refractivity contribution < 1.29 is 23.2 Å². The van der Waals surface area contributed by atoms with Crippen molar-refractivity contribution in [3.8, 4) is 23.1 Å². The van der Waals surface area contributed by atoms with E-state index in [0.717, 1.165) is 17.1 Å². The Morgan fingerprint density at radius 2 is 2.31 bits per heavy atom. The molecule has 1 unspecified atom stereocenters. The van der Waals surface area contributed by atoms with Crippen LogP contribution in [0.3, 0.4) is 0 Å². The molecule has 0 saturated carbocycles. The molecule has 2 aromatic heterocycles. The first-order valence-electron chi connectivity index (χ1n) is 8.17. The van der Waals surface area contributed by atoms with Crippen molar-refractivity contribution in [1.29, 1.82) is 0 Å². The maximum absolute atomic E-state index is 12.4. The standard InChI is InChI=1S/C18H17N3O5/c1-23-13-5-4-11-7-12(10-25-15(11)8-13)17(22)19-9-16-20-18(26-21-16)14-3-2-6-24-14/h2-6,8,12H,7,9-10H2,1H3,(H,19,22). The average molecular weight is 355 g/mol. The van der Waals surface area contributed by atoms with Gasteiger partial charge in [-0.05, 0) is 30.2 Å². The largest absolute Gasteiger partial charge is 0.497 e. The number of rotatable bonds is 5. The van der Waals surface area contributed by atoms with E-state index in [-0.39, 0.29) is 24.3 Å². The van der Waals surface area contributed by atoms with Crippen LogP contribution in [0.2, 0.25) is 0 Å². The molecule has 1 aliphatic rings. The summed E-state index contributed by atoms with van der Waals surface area (Å²) in [6, 6.07) is 9.07. The summed E-state index contributed by atoms with van der Waals surface area (Å²) in [5, 5.41) is 6.66. The van der Waals surface area contributed by atoms with E-state index in [1.165, 1.54) is 6.26 Å². The topological polar surface area (TPSA) is 99.6 Å². The van der Waals surface area contributed by atoms with Crippen LogP contribution in [-0.2, 0) is 17.8 Å². The van der Waals surface area contributed by atoms with E-state index in [1.54, 1.807) is 19.2 Å². The predicted octanol–water partition coefficient (Wildman–Crippen LogP) is 2.21. The fourth-order valence-corrected chi connectivity index (χ4v) is 2.78. The van der Waals surface area contributed by atoms with Crippen LogP contribution >= 0.6 is 0 Å². The SMILES string of the molecule is COc1ccc2c(c1)OCC(C(=O)NCc1noc(-c3ccco3)n1)C2. The van der Waals surface area contributed by atoms with Gasteiger partial charge in [0, 0.05) is 6.07 Å². The number of fused-ring (bicyclic) bond motifs is 1. The Labute approximate surface area is 149 Å². The molecule has 8 heteroatoms. The third-order valence-corrected chi connectivity index (χ3v) is 4.17. The molecule has 1 aliphatic heterocycles. The zero-order chi connectivity index (χ0) is 17.9. The number of amides is 1. The Morgan fingerprint density at radius 3 is 3.12 bits per heavy atom. The van der Waals surface area contributed by atoms with Crippen molar-refractivity contribution in [2.75, 3.05) is 13.7 Å². The molecule has 3 aromatic rings. The maximum Gasteiger partial charge on any atom is 0.293 e. The first-order valence-corrected chi connectivity index (χ1v) is 8.17. The molecule has 1 aromatic carbocycles. The van der Waals surface area contributed by atoms with Gasteiger partial charge < -0.3 is 23.7 Å². The number of methoxy groups -OCH3 is 1. The number of aromatic nitrogens is 2. The fourth-order valence-electron chi connectivity index (χ4n) is 2.78. The van der Waals surface area contributed by atoms with Gasteiger partial charge >= 0.3 is 0 Å². The van der Waals surface area contributed by atoms with Gasteiger partial charge in [0.2, 0.25) is 5.91 Å². The zero-order valence-electron chi connectivity index (χ0n) is 14.1. The second-order valence-electron chi connectivity index (χ2n) is 5.90. The smallest absolute Gasteiger partial charge is 0.293 e. The van der Waals surface area contributed by atoms with E-state index in [1.807, 2.05) is 18.2 Å². The summed E-state index contributed by atoms with van der Waals surface area (Å²) in [7, 11) is 1.61. The number of nitrogens with one attached hydrogen (secondary N) is 1. The Bertz CT molecular complexity index is 903. The zero-order valence-corrected chi connectivity index (χ0v) is 14.1. The molecule has 1 amide bonds. The van der Waals surface area contributed by atoms with Gasteiger partial charge in [-0.1, -0.05) is 11.2 Å². The van der Waals surface area contributed by atoms with Crippen LogP contribution in [0.25, 0.3) is 11.7 Å². The first-order chi connectivity index (χ1) is 12.7. The van der Waals surface area contributed by atoms with E-state index < -0.39 is 0 Å². The number of hydrogen-bond donors (Lipinski definition) is 1. The Kier molecular flexibility index (Phi) is 4.30. The Balaban J connectivity index is 1.35. The molecular formula is C18H17N3O5. The van der Waals surface area contributed by atoms with Gasteiger partial charge in [0.15, 0.2) is 11.6 Å². The van der Waals surface area contributed by atoms with E-state index in [0.29, 0.717) is 24.6 Å². The highest BCUT2D eigenvalue weighted by molar-refractivity contribution is 5.79. The number of carbonyl (C=O) groups is 1. The number of benzene rings is 1. The molecule has 4 rings (SSSR count). The van der Waals surface area contributed by atoms with Crippen LogP contribution in [0, 0.1) is 5.92 Å². The van der Waals surface area contributed by atoms with E-state index in [4.69, 9.17) is 18.4 Å². The molecular weight excluding hydrogens is 338 g/mol. The van der Waals surface area contributed by atoms with Crippen molar-refractivity contribution in [2.24, 2.45) is 5.92 Å². The highest BCUT2D eigenvalue weighted by Gasteiger charge is 2.26. The summed E-state index contributed by atoms with van der Waals surface area (Å²) in [6.45, 7) is 0.491. The number of ether oxygens (including phenoxy) is 2. The molecule has 8 nitrogen and oxygen atoms in total. The molecule has 1 N–H and O–H groups in total. The fraction of sp³-hybridized carbons (Fsp3) is 0.278. The summed E-state index contributed by atoms with van der Waals surface area (Å²) >= 11 is 0. The summed E-state index contributed by atoms with van der Waals surface area (Å²) in [6.07, 6.45) is 2.13. The Morgan fingerprint density at radius 1 is 1.38 bits per heavy atom. The number of hydrogen-bond acceptors (Lipinski definition) is 7. The van der Waals surface area contributed by atoms with Crippen molar-refractivity contribution in [2.45, 2.75) is 13.0 Å². The molecule has 134 valence electrons. The van der Waals surface area contributed by atoms with Gasteiger partial charge in [0.1, 0.15) is 18.1 Å². The summed E-state index contributed by atoms with van der Waals surface area (Å²) in [4.78, 5) is 16.6. The van der Waals surface area contributed by atoms with Crippen LogP contribution in [0.15, 0.2) is 45.5 Å². The summed E-state index contributed by atoms with van der Waals surface area (Å²) in [5.41, 5.74) is 0.983. The number of carbonyl (C=O) groups excluding carboxylic acids is 1. The van der Waals surface area contributed by atoms with Gasteiger partial charge in [0.05, 0.1) is 25.8 Å². The van der Waals surface area contributed by atoms with Crippen LogP contribution in [-0.4, -0.2) is 29.8 Å². The minimum absolute atomic E-state index is 0.115. The lowest BCUT2D eigenvalue weighted by Crippen LogP contribution is -2.37. The molecule has 26 heavy (non-hydrogen) atoms. The first kappa shape index (κ1) is 16.2. The van der Waals surface area contributed by atoms with Gasteiger partial charge in [-0.3, -0.25) is 4.79 Å². The molecule has 0 aliphatic carbocycles. The minimum atomic E-state index is -0.271. The third kappa shape index (κ3) is 3.26. The van der Waals surface area contributed by atoms with Crippen molar-refractivity contribution >= 4 is 5.91 Å². The monoisotopic (exact) mass is 355 g/mol. The van der Waals surface area contributed by atoms with Gasteiger partial charge in [-0.15, -0.1) is 0 Å². The molecule has 0 fully saturated rings. The molecule has 0 bridgehead atoms. The normalized spacial score (nSPS) is 15.8. The van der Waals surface area contributed by atoms with Gasteiger partial charge in [-0.25, -0.2) is 0 Å². The molecule has 1 atom stereocenters. The highest BCUT2D eigenvalue weighted by atomic mass is 16.5. The average Bonchev–Trinajstić information content (AvgIpc) is 3.36. The second kappa shape index (κ2) is 6.91. The quantitative estimate of drug-likeness (QED) is 0.749. The van der Waals surface area contributed by atoms with Crippen molar-refractivity contribution in [3.63, 3.8) is 0 Å². The Hall–Kier alpha value is -3.29. The van der Waals surface area contributed by atoms with Crippen molar-refractivity contribution in [1.82, 2.24) is 15.5 Å². The second-order valence-corrected chi connectivity index (χ2v) is 5.90. The predicted molar refractivity (Wildman–Crippen MR) is 89.5 cm³/mol. The van der Waals surface area contributed by atoms with E-state index in [2.05, 4.69) is 15.5 Å². The van der Waals surface area contributed by atoms with Crippen LogP contribution in [0.1, 0.15) is 11.4 Å². The molecule has 0 saturated heterocycles. The van der Waals surface area contributed by atoms with Gasteiger partial charge in [0.25, 0.3) is 5.89 Å². The molecule has 0 spiro atoms. The third-order valence-electron chi connectivity index (χ3n) is 4.17. The van der Waals surface area contributed by atoms with E-state index in [9.17, 15) is 4.79 Å². The van der Waals surface area contributed by atoms with Crippen LogP contribution in [0.4, 0.5) is 0 Å². The lowest BCUT2D eigenvalue weighted by molar-refractivity contribution is -0.126. The van der Waals surface area contributed by atoms with Crippen LogP contribution in [0.5, 0.6) is 11.5 Å². The summed E-state index contributed by atoms with van der Waals surface area (Å²) in [5.74, 6) is 2.26. The van der Waals surface area contributed by atoms with Crippen LogP contribution < -0.4 is 14.8 Å². The summed E-state index contributed by atoms with van der Waals surface area (Å²) < 4.78 is 21.2. The van der Waals surface area contributed by atoms with Gasteiger partial charge in [-0.2, -0.15) is 4.98 Å². The molecule has 3 heterocycles. The van der Waals surface area contributed by atoms with Crippen molar-refractivity contribution in [3.05, 3.63) is 48.0 Å². The maximum atomic E-state index is 12.4.